The van der Waals surface area contributed by atoms with Crippen LogP contribution in [0.3, 0.4) is 0 Å². The molecule has 10 heteroatoms. The van der Waals surface area contributed by atoms with Crippen molar-refractivity contribution in [2.75, 3.05) is 12.3 Å². The number of rotatable bonds is 5. The van der Waals surface area contributed by atoms with E-state index in [9.17, 15) is 9.59 Å². The van der Waals surface area contributed by atoms with Gasteiger partial charge in [-0.15, -0.1) is 11.3 Å². The van der Waals surface area contributed by atoms with Gasteiger partial charge in [0.2, 0.25) is 0 Å². The Bertz CT molecular complexity index is 1060. The first kappa shape index (κ1) is 19.3. The Morgan fingerprint density at radius 3 is 2.78 bits per heavy atom. The van der Waals surface area contributed by atoms with Gasteiger partial charge < -0.3 is 15.5 Å². The Labute approximate surface area is 163 Å². The SMILES string of the molecule is CCOC(=O)c1sc2nc([C@@H](C)Sc3nc(C)cc(N)n3)[nH]c(=O)c2c1C. The highest BCUT2D eigenvalue weighted by atomic mass is 32.2. The number of aromatic amines is 1. The van der Waals surface area contributed by atoms with Crippen molar-refractivity contribution in [1.82, 2.24) is 19.9 Å². The summed E-state index contributed by atoms with van der Waals surface area (Å²) in [6.07, 6.45) is 0. The summed E-state index contributed by atoms with van der Waals surface area (Å²) in [6.45, 7) is 7.47. The predicted octanol–water partition coefficient (Wildman–Crippen LogP) is 3.00. The van der Waals surface area contributed by atoms with Gasteiger partial charge in [0.25, 0.3) is 5.56 Å². The Kier molecular flexibility index (Phi) is 5.47. The topological polar surface area (TPSA) is 124 Å². The van der Waals surface area contributed by atoms with Gasteiger partial charge in [0.1, 0.15) is 21.3 Å². The summed E-state index contributed by atoms with van der Waals surface area (Å²) in [5.74, 6) is 0.435. The second-order valence-electron chi connectivity index (χ2n) is 5.88. The summed E-state index contributed by atoms with van der Waals surface area (Å²) in [7, 11) is 0. The number of ether oxygens (including phenoxy) is 1. The number of nitrogens with two attached hydrogens (primary N) is 1. The highest BCUT2D eigenvalue weighted by molar-refractivity contribution is 7.99. The number of esters is 1. The summed E-state index contributed by atoms with van der Waals surface area (Å²) in [5.41, 5.74) is 6.84. The average Bonchev–Trinajstić information content (AvgIpc) is 2.91. The van der Waals surface area contributed by atoms with Gasteiger partial charge in [-0.1, -0.05) is 11.8 Å². The van der Waals surface area contributed by atoms with Crippen LogP contribution in [0.2, 0.25) is 0 Å². The number of thiophene rings is 1. The summed E-state index contributed by atoms with van der Waals surface area (Å²) in [6, 6.07) is 1.69. The molecular formula is C17H19N5O3S2. The fourth-order valence-electron chi connectivity index (χ4n) is 2.58. The molecule has 0 aliphatic heterocycles. The maximum Gasteiger partial charge on any atom is 0.348 e. The van der Waals surface area contributed by atoms with Crippen LogP contribution in [0.5, 0.6) is 0 Å². The number of nitrogens with one attached hydrogen (secondary N) is 1. The minimum atomic E-state index is -0.440. The normalized spacial score (nSPS) is 12.3. The lowest BCUT2D eigenvalue weighted by molar-refractivity contribution is 0.0531. The molecule has 0 saturated carbocycles. The molecule has 0 spiro atoms. The number of aromatic nitrogens is 4. The van der Waals surface area contributed by atoms with Crippen LogP contribution >= 0.6 is 23.1 Å². The zero-order chi connectivity index (χ0) is 19.7. The minimum absolute atomic E-state index is 0.211. The molecule has 0 aromatic carbocycles. The largest absolute Gasteiger partial charge is 0.462 e. The van der Waals surface area contributed by atoms with E-state index in [1.165, 1.54) is 11.8 Å². The molecule has 0 aliphatic carbocycles. The summed E-state index contributed by atoms with van der Waals surface area (Å²) in [5, 5.41) is 0.717. The molecule has 0 unspecified atom stereocenters. The van der Waals surface area contributed by atoms with E-state index in [-0.39, 0.29) is 17.4 Å². The zero-order valence-electron chi connectivity index (χ0n) is 15.3. The van der Waals surface area contributed by atoms with E-state index >= 15 is 0 Å². The van der Waals surface area contributed by atoms with Gasteiger partial charge in [-0.2, -0.15) is 0 Å². The first-order valence-corrected chi connectivity index (χ1v) is 9.98. The summed E-state index contributed by atoms with van der Waals surface area (Å²) in [4.78, 5) is 41.5. The molecular weight excluding hydrogens is 386 g/mol. The Hall–Kier alpha value is -2.46. The molecule has 0 fully saturated rings. The van der Waals surface area contributed by atoms with Gasteiger partial charge in [0.05, 0.1) is 17.2 Å². The number of hydrogen-bond acceptors (Lipinski definition) is 9. The van der Waals surface area contributed by atoms with Crippen molar-refractivity contribution in [2.45, 2.75) is 38.1 Å². The van der Waals surface area contributed by atoms with Crippen LogP contribution in [0.15, 0.2) is 16.0 Å². The highest BCUT2D eigenvalue weighted by Gasteiger charge is 2.22. The maximum atomic E-state index is 12.6. The van der Waals surface area contributed by atoms with E-state index in [4.69, 9.17) is 10.5 Å². The van der Waals surface area contributed by atoms with Crippen LogP contribution in [0.25, 0.3) is 10.2 Å². The van der Waals surface area contributed by atoms with Crippen molar-refractivity contribution in [3.8, 4) is 0 Å². The third-order valence-electron chi connectivity index (χ3n) is 3.80. The van der Waals surface area contributed by atoms with Gasteiger partial charge >= 0.3 is 5.97 Å². The molecule has 0 bridgehead atoms. The van der Waals surface area contributed by atoms with Crippen LogP contribution in [0, 0.1) is 13.8 Å². The number of nitrogens with zero attached hydrogens (tertiary/aromatic N) is 3. The van der Waals surface area contributed by atoms with E-state index in [1.807, 2.05) is 13.8 Å². The van der Waals surface area contributed by atoms with Crippen molar-refractivity contribution >= 4 is 45.1 Å². The zero-order valence-corrected chi connectivity index (χ0v) is 17.0. The molecule has 142 valence electrons. The first-order valence-electron chi connectivity index (χ1n) is 8.28. The molecule has 0 aliphatic rings. The van der Waals surface area contributed by atoms with E-state index < -0.39 is 5.97 Å². The Morgan fingerprint density at radius 1 is 1.37 bits per heavy atom. The number of thioether (sulfide) groups is 1. The van der Waals surface area contributed by atoms with Crippen LogP contribution in [0.4, 0.5) is 5.82 Å². The summed E-state index contributed by atoms with van der Waals surface area (Å²) >= 11 is 2.51. The molecule has 27 heavy (non-hydrogen) atoms. The average molecular weight is 406 g/mol. The number of aryl methyl sites for hydroxylation is 2. The second-order valence-corrected chi connectivity index (χ2v) is 8.19. The number of hydrogen-bond donors (Lipinski definition) is 2. The maximum absolute atomic E-state index is 12.6. The predicted molar refractivity (Wildman–Crippen MR) is 106 cm³/mol. The molecule has 3 N–H and O–H groups in total. The van der Waals surface area contributed by atoms with Crippen LogP contribution < -0.4 is 11.3 Å². The first-order chi connectivity index (χ1) is 12.8. The third kappa shape index (κ3) is 3.96. The lowest BCUT2D eigenvalue weighted by Gasteiger charge is -2.10. The van der Waals surface area contributed by atoms with Crippen LogP contribution in [-0.2, 0) is 4.74 Å². The molecule has 3 aromatic rings. The Morgan fingerprint density at radius 2 is 2.11 bits per heavy atom. The van der Waals surface area contributed by atoms with Gasteiger partial charge in [-0.05, 0) is 33.3 Å². The van der Waals surface area contributed by atoms with Gasteiger partial charge in [0, 0.05) is 11.8 Å². The van der Waals surface area contributed by atoms with Crippen LogP contribution in [-0.4, -0.2) is 32.5 Å². The molecule has 0 radical (unpaired) electrons. The number of fused-ring (bicyclic) bond motifs is 1. The monoisotopic (exact) mass is 405 g/mol. The minimum Gasteiger partial charge on any atom is -0.462 e. The highest BCUT2D eigenvalue weighted by Crippen LogP contribution is 2.33. The smallest absolute Gasteiger partial charge is 0.348 e. The van der Waals surface area contributed by atoms with E-state index in [0.29, 0.717) is 37.5 Å². The van der Waals surface area contributed by atoms with Crippen molar-refractivity contribution in [3.05, 3.63) is 38.4 Å². The van der Waals surface area contributed by atoms with Gasteiger partial charge in [0.15, 0.2) is 5.16 Å². The number of H-pyrrole nitrogens is 1. The quantitative estimate of drug-likeness (QED) is 0.377. The molecule has 0 saturated heterocycles. The van der Waals surface area contributed by atoms with Crippen LogP contribution in [0.1, 0.15) is 45.9 Å². The standard InChI is InChI=1S/C17H19N5O3S2/c1-5-25-16(24)12-8(3)11-14(23)21-13(22-15(11)27-12)9(4)26-17-19-7(2)6-10(18)20-17/h6,9H,5H2,1-4H3,(H2,18,19,20)(H,21,22,23)/t9-/m1/s1. The fraction of sp³-hybridized carbons (Fsp3) is 0.353. The van der Waals surface area contributed by atoms with E-state index in [0.717, 1.165) is 17.0 Å². The van der Waals surface area contributed by atoms with E-state index in [2.05, 4.69) is 19.9 Å². The molecule has 8 nitrogen and oxygen atoms in total. The molecule has 0 amide bonds. The number of nitrogen functional groups attached to an aromatic ring is 1. The lowest BCUT2D eigenvalue weighted by atomic mass is 10.2. The number of carbonyl (C=O) groups is 1. The van der Waals surface area contributed by atoms with Gasteiger partial charge in [-0.25, -0.2) is 19.7 Å². The lowest BCUT2D eigenvalue weighted by Crippen LogP contribution is -2.13. The van der Waals surface area contributed by atoms with Crippen molar-refractivity contribution in [2.24, 2.45) is 0 Å². The molecule has 3 heterocycles. The van der Waals surface area contributed by atoms with Crippen molar-refractivity contribution in [3.63, 3.8) is 0 Å². The molecule has 1 atom stereocenters. The van der Waals surface area contributed by atoms with Crippen molar-refractivity contribution < 1.29 is 9.53 Å². The fourth-order valence-corrected chi connectivity index (χ4v) is 4.55. The molecule has 3 rings (SSSR count). The van der Waals surface area contributed by atoms with Crippen molar-refractivity contribution in [1.29, 1.82) is 0 Å². The second kappa shape index (κ2) is 7.65. The third-order valence-corrected chi connectivity index (χ3v) is 5.94. The number of carbonyl (C=O) groups excluding carboxylic acids is 1. The Balaban J connectivity index is 1.97. The summed E-state index contributed by atoms with van der Waals surface area (Å²) < 4.78 is 5.06. The van der Waals surface area contributed by atoms with Gasteiger partial charge in [-0.3, -0.25) is 4.79 Å². The molecule has 3 aromatic heterocycles. The number of anilines is 1. The van der Waals surface area contributed by atoms with E-state index in [1.54, 1.807) is 19.9 Å².